The summed E-state index contributed by atoms with van der Waals surface area (Å²) in [5.74, 6) is -0.396. The lowest BCUT2D eigenvalue weighted by Crippen LogP contribution is -2.35. The van der Waals surface area contributed by atoms with Crippen molar-refractivity contribution in [2.45, 2.75) is 6.92 Å². The quantitative estimate of drug-likeness (QED) is 0.692. The standard InChI is InChI=1S/C18H17N5O2S/c1-12-15(17(25)23(22(12)2)14-8-4-3-5-9-14)20-18(26)21-16(24)13-7-6-10-19-11-13/h3-11H,1-2H3,(H2,20,21,24,26). The fraction of sp³-hybridized carbons (Fsp3) is 0.111. The Kier molecular flexibility index (Phi) is 4.94. The zero-order chi connectivity index (χ0) is 18.7. The van der Waals surface area contributed by atoms with Gasteiger partial charge in [-0.1, -0.05) is 18.2 Å². The molecule has 0 spiro atoms. The number of aromatic nitrogens is 3. The number of nitrogens with one attached hydrogen (secondary N) is 2. The average molecular weight is 367 g/mol. The molecule has 0 saturated heterocycles. The van der Waals surface area contributed by atoms with Crippen LogP contribution >= 0.6 is 12.2 Å². The molecule has 8 heteroatoms. The van der Waals surface area contributed by atoms with Gasteiger partial charge in [-0.25, -0.2) is 4.68 Å². The Hall–Kier alpha value is -3.26. The average Bonchev–Trinajstić information content (AvgIpc) is 2.86. The van der Waals surface area contributed by atoms with Gasteiger partial charge in [-0.05, 0) is 43.4 Å². The minimum Gasteiger partial charge on any atom is -0.326 e. The van der Waals surface area contributed by atoms with Crippen LogP contribution in [0, 0.1) is 6.92 Å². The molecule has 1 aromatic carbocycles. The van der Waals surface area contributed by atoms with Gasteiger partial charge >= 0.3 is 0 Å². The minimum atomic E-state index is -0.396. The van der Waals surface area contributed by atoms with Crippen LogP contribution in [0.15, 0.2) is 59.7 Å². The van der Waals surface area contributed by atoms with Crippen LogP contribution < -0.4 is 16.2 Å². The summed E-state index contributed by atoms with van der Waals surface area (Å²) in [4.78, 5) is 28.8. The fourth-order valence-electron chi connectivity index (χ4n) is 2.53. The van der Waals surface area contributed by atoms with E-state index in [2.05, 4.69) is 15.6 Å². The van der Waals surface area contributed by atoms with Crippen LogP contribution in [0.2, 0.25) is 0 Å². The van der Waals surface area contributed by atoms with E-state index in [-0.39, 0.29) is 10.7 Å². The second kappa shape index (κ2) is 7.32. The summed E-state index contributed by atoms with van der Waals surface area (Å²) in [5, 5.41) is 5.43. The van der Waals surface area contributed by atoms with Gasteiger partial charge < -0.3 is 5.32 Å². The molecule has 3 aromatic rings. The number of carbonyl (C=O) groups is 1. The lowest BCUT2D eigenvalue weighted by atomic mass is 10.3. The molecule has 0 fully saturated rings. The van der Waals surface area contributed by atoms with Gasteiger partial charge in [0, 0.05) is 19.4 Å². The van der Waals surface area contributed by atoms with E-state index in [4.69, 9.17) is 12.2 Å². The number of thiocarbonyl (C=S) groups is 1. The number of rotatable bonds is 3. The lowest BCUT2D eigenvalue weighted by molar-refractivity contribution is 0.0977. The Labute approximate surface area is 155 Å². The van der Waals surface area contributed by atoms with Crippen molar-refractivity contribution < 1.29 is 4.79 Å². The molecular formula is C18H17N5O2S. The third-order valence-electron chi connectivity index (χ3n) is 3.94. The highest BCUT2D eigenvalue weighted by Crippen LogP contribution is 2.13. The lowest BCUT2D eigenvalue weighted by Gasteiger charge is -2.08. The van der Waals surface area contributed by atoms with Crippen molar-refractivity contribution in [1.82, 2.24) is 19.7 Å². The summed E-state index contributed by atoms with van der Waals surface area (Å²) in [5.41, 5.74) is 1.86. The number of hydrogen-bond acceptors (Lipinski definition) is 4. The first-order valence-electron chi connectivity index (χ1n) is 7.85. The first-order valence-corrected chi connectivity index (χ1v) is 8.26. The molecule has 3 rings (SSSR count). The van der Waals surface area contributed by atoms with Crippen LogP contribution in [0.25, 0.3) is 5.69 Å². The molecule has 0 unspecified atom stereocenters. The zero-order valence-electron chi connectivity index (χ0n) is 14.3. The number of benzene rings is 1. The number of amides is 1. The smallest absolute Gasteiger partial charge is 0.295 e. The van der Waals surface area contributed by atoms with Gasteiger partial charge in [-0.2, -0.15) is 0 Å². The minimum absolute atomic E-state index is 0.0462. The van der Waals surface area contributed by atoms with Crippen LogP contribution in [-0.4, -0.2) is 25.4 Å². The van der Waals surface area contributed by atoms with E-state index in [1.807, 2.05) is 30.3 Å². The topological polar surface area (TPSA) is 81.0 Å². The van der Waals surface area contributed by atoms with Gasteiger partial charge in [-0.15, -0.1) is 0 Å². The molecule has 0 atom stereocenters. The zero-order valence-corrected chi connectivity index (χ0v) is 15.1. The van der Waals surface area contributed by atoms with Crippen LogP contribution in [0.4, 0.5) is 5.69 Å². The molecule has 132 valence electrons. The Balaban J connectivity index is 1.83. The predicted molar refractivity (Wildman–Crippen MR) is 104 cm³/mol. The van der Waals surface area contributed by atoms with Crippen LogP contribution in [0.5, 0.6) is 0 Å². The largest absolute Gasteiger partial charge is 0.326 e. The van der Waals surface area contributed by atoms with Gasteiger partial charge in [0.15, 0.2) is 5.11 Å². The molecule has 0 saturated carbocycles. The maximum atomic E-state index is 12.8. The maximum absolute atomic E-state index is 12.8. The Morgan fingerprint density at radius 2 is 1.88 bits per heavy atom. The predicted octanol–water partition coefficient (Wildman–Crippen LogP) is 2.01. The number of pyridine rings is 1. The van der Waals surface area contributed by atoms with E-state index in [0.717, 1.165) is 5.69 Å². The second-order valence-electron chi connectivity index (χ2n) is 5.59. The molecule has 2 N–H and O–H groups in total. The maximum Gasteiger partial charge on any atom is 0.295 e. The van der Waals surface area contributed by atoms with E-state index in [1.165, 1.54) is 10.9 Å². The number of carbonyl (C=O) groups excluding carboxylic acids is 1. The summed E-state index contributed by atoms with van der Waals surface area (Å²) in [7, 11) is 1.78. The highest BCUT2D eigenvalue weighted by atomic mass is 32.1. The normalized spacial score (nSPS) is 10.4. The number of anilines is 1. The van der Waals surface area contributed by atoms with E-state index < -0.39 is 5.91 Å². The summed E-state index contributed by atoms with van der Waals surface area (Å²) >= 11 is 5.18. The van der Waals surface area contributed by atoms with Gasteiger partial charge in [-0.3, -0.25) is 24.6 Å². The molecule has 2 aromatic heterocycles. The number of nitrogens with zero attached hydrogens (tertiary/aromatic N) is 3. The van der Waals surface area contributed by atoms with Crippen molar-refractivity contribution in [2.24, 2.45) is 7.05 Å². The van der Waals surface area contributed by atoms with E-state index in [0.29, 0.717) is 16.9 Å². The molecule has 2 heterocycles. The molecule has 26 heavy (non-hydrogen) atoms. The molecule has 1 amide bonds. The Morgan fingerprint density at radius 1 is 1.15 bits per heavy atom. The molecule has 7 nitrogen and oxygen atoms in total. The van der Waals surface area contributed by atoms with Crippen LogP contribution in [0.1, 0.15) is 16.1 Å². The van der Waals surface area contributed by atoms with Crippen molar-refractivity contribution in [3.63, 3.8) is 0 Å². The molecule has 0 aliphatic carbocycles. The van der Waals surface area contributed by atoms with Crippen molar-refractivity contribution >= 4 is 28.9 Å². The Bertz CT molecular complexity index is 1010. The highest BCUT2D eigenvalue weighted by molar-refractivity contribution is 7.80. The van der Waals surface area contributed by atoms with E-state index >= 15 is 0 Å². The van der Waals surface area contributed by atoms with Gasteiger partial charge in [0.1, 0.15) is 5.69 Å². The Morgan fingerprint density at radius 3 is 2.54 bits per heavy atom. The third-order valence-corrected chi connectivity index (χ3v) is 4.15. The van der Waals surface area contributed by atoms with Crippen molar-refractivity contribution in [2.75, 3.05) is 5.32 Å². The highest BCUT2D eigenvalue weighted by Gasteiger charge is 2.17. The van der Waals surface area contributed by atoms with E-state index in [1.54, 1.807) is 37.0 Å². The van der Waals surface area contributed by atoms with Gasteiger partial charge in [0.2, 0.25) is 0 Å². The van der Waals surface area contributed by atoms with E-state index in [9.17, 15) is 9.59 Å². The van der Waals surface area contributed by atoms with Gasteiger partial charge in [0.05, 0.1) is 16.9 Å². The van der Waals surface area contributed by atoms with Crippen molar-refractivity contribution in [3.8, 4) is 5.69 Å². The molecule has 0 bridgehead atoms. The van der Waals surface area contributed by atoms with Crippen LogP contribution in [0.3, 0.4) is 0 Å². The summed E-state index contributed by atoms with van der Waals surface area (Å²) in [6.07, 6.45) is 3.01. The second-order valence-corrected chi connectivity index (χ2v) is 5.99. The molecule has 0 aliphatic rings. The van der Waals surface area contributed by atoms with Crippen molar-refractivity contribution in [3.05, 3.63) is 76.5 Å². The molecular weight excluding hydrogens is 350 g/mol. The molecule has 0 radical (unpaired) electrons. The fourth-order valence-corrected chi connectivity index (χ4v) is 2.72. The van der Waals surface area contributed by atoms with Crippen molar-refractivity contribution in [1.29, 1.82) is 0 Å². The first-order chi connectivity index (χ1) is 12.5. The van der Waals surface area contributed by atoms with Gasteiger partial charge in [0.25, 0.3) is 11.5 Å². The SMILES string of the molecule is Cc1c(NC(=S)NC(=O)c2cccnc2)c(=O)n(-c2ccccc2)n1C. The summed E-state index contributed by atoms with van der Waals surface area (Å²) in [6, 6.07) is 12.6. The summed E-state index contributed by atoms with van der Waals surface area (Å²) < 4.78 is 3.26. The third kappa shape index (κ3) is 3.40. The monoisotopic (exact) mass is 367 g/mol. The number of hydrogen-bond donors (Lipinski definition) is 2. The summed E-state index contributed by atoms with van der Waals surface area (Å²) in [6.45, 7) is 1.80. The first kappa shape index (κ1) is 17.6. The molecule has 0 aliphatic heterocycles. The van der Waals surface area contributed by atoms with Crippen LogP contribution in [-0.2, 0) is 7.05 Å². The number of para-hydroxylation sites is 1.